The van der Waals surface area contributed by atoms with E-state index in [0.29, 0.717) is 0 Å². The van der Waals surface area contributed by atoms with Gasteiger partial charge in [0.1, 0.15) is 0 Å². The van der Waals surface area contributed by atoms with Crippen LogP contribution in [0.2, 0.25) is 0 Å². The Morgan fingerprint density at radius 3 is 2.12 bits per heavy atom. The molecule has 0 aromatic rings. The molecule has 0 bridgehead atoms. The highest BCUT2D eigenvalue weighted by molar-refractivity contribution is 5.68. The van der Waals surface area contributed by atoms with E-state index in [1.54, 1.807) is 0 Å². The van der Waals surface area contributed by atoms with Crippen LogP contribution in [0.1, 0.15) is 0 Å². The van der Waals surface area contributed by atoms with Gasteiger partial charge < -0.3 is 5.11 Å². The van der Waals surface area contributed by atoms with Crippen molar-refractivity contribution in [2.75, 3.05) is 0 Å². The van der Waals surface area contributed by atoms with Gasteiger partial charge in [0.15, 0.2) is 0 Å². The largest absolute Gasteiger partial charge is 0.873 e. The van der Waals surface area contributed by atoms with Crippen LogP contribution in [-0.4, -0.2) is 11.2 Å². The minimum absolute atomic E-state index is 0.104. The quantitative estimate of drug-likeness (QED) is 0.147. The van der Waals surface area contributed by atoms with Gasteiger partial charge in [-0.15, -0.1) is 0 Å². The molecule has 0 fully saturated rings. The third-order valence-corrected chi connectivity index (χ3v) is 0.452. The summed E-state index contributed by atoms with van der Waals surface area (Å²) in [5.74, 6) is 0. The molecule has 0 aliphatic heterocycles. The van der Waals surface area contributed by atoms with E-state index in [-0.39, 0.29) is 12.5 Å². The SMILES string of the molecule is O=CC(=C[O-])[N+](=O)[O-]. The lowest BCUT2D eigenvalue weighted by molar-refractivity contribution is -0.429. The van der Waals surface area contributed by atoms with Crippen molar-refractivity contribution in [1.82, 2.24) is 0 Å². The number of nitro groups is 1. The Labute approximate surface area is 44.4 Å². The lowest BCUT2D eigenvalue weighted by atomic mass is 10.6. The van der Waals surface area contributed by atoms with Gasteiger partial charge in [0.05, 0.1) is 4.92 Å². The van der Waals surface area contributed by atoms with Crippen LogP contribution in [0, 0.1) is 10.1 Å². The summed E-state index contributed by atoms with van der Waals surface area (Å²) < 4.78 is 0. The number of carbonyl (C=O) groups excluding carboxylic acids is 1. The number of aldehydes is 1. The van der Waals surface area contributed by atoms with Crippen LogP contribution in [0.25, 0.3) is 0 Å². The zero-order valence-corrected chi connectivity index (χ0v) is 3.73. The van der Waals surface area contributed by atoms with Crippen molar-refractivity contribution in [3.63, 3.8) is 0 Å². The summed E-state index contributed by atoms with van der Waals surface area (Å²) in [6.07, 6.45) is -0.208. The second-order valence-electron chi connectivity index (χ2n) is 0.918. The van der Waals surface area contributed by atoms with Gasteiger partial charge in [-0.2, -0.15) is 0 Å². The second-order valence-corrected chi connectivity index (χ2v) is 0.918. The van der Waals surface area contributed by atoms with Crippen LogP contribution >= 0.6 is 0 Å². The number of hydrogen-bond donors (Lipinski definition) is 0. The molecule has 0 aliphatic carbocycles. The summed E-state index contributed by atoms with van der Waals surface area (Å²) in [4.78, 5) is 17.9. The molecule has 0 atom stereocenters. The molecule has 0 rings (SSSR count). The van der Waals surface area contributed by atoms with Crippen LogP contribution in [0.15, 0.2) is 12.0 Å². The number of nitrogens with zero attached hydrogens (tertiary/aromatic N) is 1. The van der Waals surface area contributed by atoms with Crippen molar-refractivity contribution in [1.29, 1.82) is 0 Å². The Kier molecular flexibility index (Phi) is 2.25. The minimum atomic E-state index is -1.04. The average Bonchev–Trinajstić information content (AvgIpc) is 1.69. The minimum Gasteiger partial charge on any atom is -0.873 e. The summed E-state index contributed by atoms with van der Waals surface area (Å²) in [6.45, 7) is 0. The number of allylic oxidation sites excluding steroid dienone is 1. The maximum absolute atomic E-state index is 9.47. The maximum atomic E-state index is 9.47. The molecular formula is C3H2NO4-. The number of carbonyl (C=O) groups is 1. The second kappa shape index (κ2) is 2.73. The van der Waals surface area contributed by atoms with Crippen molar-refractivity contribution in [2.24, 2.45) is 0 Å². The Balaban J connectivity index is 4.13. The van der Waals surface area contributed by atoms with Crippen LogP contribution in [0.5, 0.6) is 0 Å². The molecule has 0 amide bonds. The van der Waals surface area contributed by atoms with Crippen LogP contribution in [-0.2, 0) is 4.79 Å². The van der Waals surface area contributed by atoms with E-state index in [1.807, 2.05) is 0 Å². The normalized spacial score (nSPS) is 10.8. The number of rotatable bonds is 2. The Bertz CT molecular complexity index is 138. The van der Waals surface area contributed by atoms with Crippen molar-refractivity contribution in [3.05, 3.63) is 22.1 Å². The third kappa shape index (κ3) is 1.38. The topological polar surface area (TPSA) is 83.3 Å². The fraction of sp³-hybridized carbons (Fsp3) is 0. The van der Waals surface area contributed by atoms with Crippen molar-refractivity contribution < 1.29 is 14.8 Å². The summed E-state index contributed by atoms with van der Waals surface area (Å²) in [5, 5.41) is 18.9. The molecule has 0 aromatic carbocycles. The summed E-state index contributed by atoms with van der Waals surface area (Å²) in [7, 11) is 0. The third-order valence-electron chi connectivity index (χ3n) is 0.452. The molecule has 0 aromatic heterocycles. The lowest BCUT2D eigenvalue weighted by Gasteiger charge is -1.87. The molecule has 0 saturated heterocycles. The number of hydrogen-bond acceptors (Lipinski definition) is 4. The highest BCUT2D eigenvalue weighted by Gasteiger charge is 2.01. The summed E-state index contributed by atoms with van der Waals surface area (Å²) >= 11 is 0. The van der Waals surface area contributed by atoms with Crippen LogP contribution in [0.4, 0.5) is 0 Å². The van der Waals surface area contributed by atoms with Gasteiger partial charge in [0, 0.05) is 0 Å². The van der Waals surface area contributed by atoms with E-state index < -0.39 is 10.6 Å². The molecule has 5 nitrogen and oxygen atoms in total. The maximum Gasteiger partial charge on any atom is 0.293 e. The predicted octanol–water partition coefficient (Wildman–Crippen LogP) is -1.34. The Morgan fingerprint density at radius 1 is 1.62 bits per heavy atom. The average molecular weight is 116 g/mol. The van der Waals surface area contributed by atoms with Gasteiger partial charge in [-0.1, -0.05) is 6.26 Å². The van der Waals surface area contributed by atoms with Gasteiger partial charge in [-0.25, -0.2) is 0 Å². The molecule has 5 heteroatoms. The highest BCUT2D eigenvalue weighted by atomic mass is 16.6. The fourth-order valence-electron chi connectivity index (χ4n) is 0.114. The van der Waals surface area contributed by atoms with E-state index in [1.165, 1.54) is 0 Å². The first-order valence-corrected chi connectivity index (χ1v) is 1.64. The molecule has 0 heterocycles. The molecular weight excluding hydrogens is 114 g/mol. The molecule has 0 unspecified atom stereocenters. The molecule has 0 aliphatic rings. The van der Waals surface area contributed by atoms with E-state index in [4.69, 9.17) is 0 Å². The van der Waals surface area contributed by atoms with Crippen molar-refractivity contribution >= 4 is 6.29 Å². The zero-order valence-electron chi connectivity index (χ0n) is 3.73. The molecule has 0 spiro atoms. The van der Waals surface area contributed by atoms with Gasteiger partial charge in [0.2, 0.25) is 6.29 Å². The molecule has 44 valence electrons. The molecule has 0 radical (unpaired) electrons. The first-order valence-electron chi connectivity index (χ1n) is 1.64. The predicted molar refractivity (Wildman–Crippen MR) is 21.1 cm³/mol. The van der Waals surface area contributed by atoms with Crippen molar-refractivity contribution in [3.8, 4) is 0 Å². The van der Waals surface area contributed by atoms with E-state index >= 15 is 0 Å². The van der Waals surface area contributed by atoms with Crippen LogP contribution < -0.4 is 5.11 Å². The lowest BCUT2D eigenvalue weighted by Crippen LogP contribution is -2.04. The van der Waals surface area contributed by atoms with E-state index in [2.05, 4.69) is 0 Å². The zero-order chi connectivity index (χ0) is 6.57. The van der Waals surface area contributed by atoms with Gasteiger partial charge >= 0.3 is 0 Å². The first kappa shape index (κ1) is 6.61. The Hall–Kier alpha value is -1.39. The smallest absolute Gasteiger partial charge is 0.293 e. The standard InChI is InChI=1S/C3H3NO4/c5-1-3(2-6)4(7)8/h1-2,5H/p-1. The molecule has 0 N–H and O–H groups in total. The molecule has 8 heavy (non-hydrogen) atoms. The van der Waals surface area contributed by atoms with E-state index in [0.717, 1.165) is 0 Å². The van der Waals surface area contributed by atoms with Gasteiger partial charge in [0.25, 0.3) is 5.70 Å². The Morgan fingerprint density at radius 2 is 2.12 bits per heavy atom. The fourth-order valence-corrected chi connectivity index (χ4v) is 0.114. The highest BCUT2D eigenvalue weighted by Crippen LogP contribution is 1.83. The van der Waals surface area contributed by atoms with Gasteiger partial charge in [-0.3, -0.25) is 14.9 Å². The first-order chi connectivity index (χ1) is 3.72. The van der Waals surface area contributed by atoms with Crippen molar-refractivity contribution in [2.45, 2.75) is 0 Å². The molecule has 0 saturated carbocycles. The van der Waals surface area contributed by atoms with E-state index in [9.17, 15) is 20.0 Å². The monoisotopic (exact) mass is 116 g/mol. The van der Waals surface area contributed by atoms with Gasteiger partial charge in [-0.05, 0) is 0 Å². The van der Waals surface area contributed by atoms with Crippen LogP contribution in [0.3, 0.4) is 0 Å². The summed E-state index contributed by atoms with van der Waals surface area (Å²) in [5.41, 5.74) is -0.954. The summed E-state index contributed by atoms with van der Waals surface area (Å²) in [6, 6.07) is 0.